The van der Waals surface area contributed by atoms with E-state index in [2.05, 4.69) is 176 Å². The number of benzene rings is 4. The average Bonchev–Trinajstić information content (AvgIpc) is 2.98. The highest BCUT2D eigenvalue weighted by Gasteiger charge is 2.42. The normalized spacial score (nSPS) is 13.2. The van der Waals surface area contributed by atoms with Crippen LogP contribution in [0.4, 0.5) is 0 Å². The molecule has 0 nitrogen and oxygen atoms in total. The molecule has 0 aromatic heterocycles. The summed E-state index contributed by atoms with van der Waals surface area (Å²) < 4.78 is 2.29. The third kappa shape index (κ3) is 6.52. The molecule has 0 fully saturated rings. The van der Waals surface area contributed by atoms with Crippen LogP contribution >= 0.6 is 31.9 Å². The maximum Gasteiger partial charge on any atom is 0.240 e. The van der Waals surface area contributed by atoms with E-state index in [1.54, 1.807) is 0 Å². The smallest absolute Gasteiger partial charge is 0.0732 e. The number of hydrogen-bond donors (Lipinski definition) is 0. The van der Waals surface area contributed by atoms with E-state index in [1.165, 1.54) is 66.2 Å². The third-order valence-corrected chi connectivity index (χ3v) is 11.3. The zero-order chi connectivity index (χ0) is 33.8. The predicted molar refractivity (Wildman–Crippen MR) is 215 cm³/mol. The van der Waals surface area contributed by atoms with Gasteiger partial charge in [0.1, 0.15) is 0 Å². The molecule has 4 aromatic carbocycles. The molecule has 1 heterocycles. The molecule has 46 heavy (non-hydrogen) atoms. The lowest BCUT2D eigenvalue weighted by Crippen LogP contribution is -2.76. The Morgan fingerprint density at radius 1 is 0.370 bits per heavy atom. The minimum absolute atomic E-state index is 0.146. The second kappa shape index (κ2) is 13.8. The van der Waals surface area contributed by atoms with Crippen molar-refractivity contribution in [1.29, 1.82) is 0 Å². The molecule has 0 aliphatic carbocycles. The maximum absolute atomic E-state index is 3.94. The number of hydrogen-bond acceptors (Lipinski definition) is 0. The van der Waals surface area contributed by atoms with Crippen molar-refractivity contribution < 1.29 is 0 Å². The Morgan fingerprint density at radius 3 is 0.913 bits per heavy atom. The Morgan fingerprint density at radius 2 is 0.652 bits per heavy atom. The molecule has 0 N–H and O–H groups in total. The molecule has 0 saturated carbocycles. The van der Waals surface area contributed by atoms with E-state index in [1.807, 2.05) is 0 Å². The van der Waals surface area contributed by atoms with Gasteiger partial charge in [-0.15, -0.1) is 0 Å². The Balaban J connectivity index is 1.95. The van der Waals surface area contributed by atoms with Crippen molar-refractivity contribution >= 4 is 78.1 Å². The van der Waals surface area contributed by atoms with Gasteiger partial charge < -0.3 is 0 Å². The number of fused-ring (bicyclic) bond motifs is 2. The Labute approximate surface area is 298 Å². The molecule has 0 spiro atoms. The van der Waals surface area contributed by atoms with Crippen LogP contribution in [0.15, 0.2) is 69.6 Å². The molecule has 4 heteroatoms. The first-order valence-corrected chi connectivity index (χ1v) is 19.1. The molecule has 5 rings (SSSR count). The van der Waals surface area contributed by atoms with Crippen molar-refractivity contribution in [2.24, 2.45) is 0 Å². The summed E-state index contributed by atoms with van der Waals surface area (Å²) in [5.74, 6) is 2.65. The van der Waals surface area contributed by atoms with Gasteiger partial charge in [-0.2, -0.15) is 0 Å². The quantitative estimate of drug-likeness (QED) is 0.139. The van der Waals surface area contributed by atoms with Crippen molar-refractivity contribution in [1.82, 2.24) is 0 Å². The highest BCUT2D eigenvalue weighted by Crippen LogP contribution is 2.29. The van der Waals surface area contributed by atoms with Gasteiger partial charge in [0.2, 0.25) is 13.4 Å². The summed E-state index contributed by atoms with van der Waals surface area (Å²) in [4.78, 5) is 0. The zero-order valence-electron chi connectivity index (χ0n) is 30.1. The summed E-state index contributed by atoms with van der Waals surface area (Å²) in [6, 6.07) is 24.4. The topological polar surface area (TPSA) is 0 Å². The standard InChI is InChI=1S/C42H52B2Br2/c1-23(2)29-17-33(25(5)6)41(34(18-29)26(7)8)43-37-15-13-31(45)21-39(37)44(40-22-32(46)14-16-38(40)43)42-35(27(9)10)19-30(24(3)4)20-36(42)28(11)12/h13-28H,1-12H3. The summed E-state index contributed by atoms with van der Waals surface area (Å²) in [5, 5.41) is 0. The first-order chi connectivity index (χ1) is 21.6. The summed E-state index contributed by atoms with van der Waals surface area (Å²) in [6.45, 7) is 28.7. The number of rotatable bonds is 8. The van der Waals surface area contributed by atoms with Gasteiger partial charge >= 0.3 is 0 Å². The molecule has 1 aliphatic heterocycles. The largest absolute Gasteiger partial charge is 0.240 e. The summed E-state index contributed by atoms with van der Waals surface area (Å²) >= 11 is 7.88. The van der Waals surface area contributed by atoms with Crippen molar-refractivity contribution in [3.8, 4) is 0 Å². The van der Waals surface area contributed by atoms with Crippen LogP contribution in [0.2, 0.25) is 0 Å². The molecule has 0 radical (unpaired) electrons. The van der Waals surface area contributed by atoms with Crippen molar-refractivity contribution in [2.45, 2.75) is 119 Å². The third-order valence-electron chi connectivity index (χ3n) is 10.3. The van der Waals surface area contributed by atoms with Crippen LogP contribution in [0.5, 0.6) is 0 Å². The van der Waals surface area contributed by atoms with Crippen molar-refractivity contribution in [2.75, 3.05) is 0 Å². The van der Waals surface area contributed by atoms with Crippen molar-refractivity contribution in [3.05, 3.63) is 103 Å². The van der Waals surface area contributed by atoms with Crippen LogP contribution in [0.25, 0.3) is 0 Å². The Hall–Kier alpha value is -2.03. The van der Waals surface area contributed by atoms with Gasteiger partial charge in [0.05, 0.1) is 0 Å². The highest BCUT2D eigenvalue weighted by atomic mass is 79.9. The summed E-state index contributed by atoms with van der Waals surface area (Å²) in [7, 11) is 0. The van der Waals surface area contributed by atoms with Crippen LogP contribution in [0, 0.1) is 0 Å². The highest BCUT2D eigenvalue weighted by molar-refractivity contribution is 9.10. The van der Waals surface area contributed by atoms with Crippen LogP contribution in [-0.4, -0.2) is 13.4 Å². The van der Waals surface area contributed by atoms with Crippen LogP contribution in [-0.2, 0) is 0 Å². The fourth-order valence-corrected chi connectivity index (χ4v) is 8.52. The van der Waals surface area contributed by atoms with E-state index < -0.39 is 0 Å². The van der Waals surface area contributed by atoms with E-state index in [0.717, 1.165) is 8.95 Å². The fraction of sp³-hybridized carbons (Fsp3) is 0.429. The van der Waals surface area contributed by atoms with E-state index in [4.69, 9.17) is 0 Å². The van der Waals surface area contributed by atoms with Gasteiger partial charge in [0.15, 0.2) is 0 Å². The van der Waals surface area contributed by atoms with Gasteiger partial charge in [-0.25, -0.2) is 0 Å². The van der Waals surface area contributed by atoms with Gasteiger partial charge in [-0.1, -0.05) is 196 Å². The minimum atomic E-state index is 0.146. The first kappa shape index (κ1) is 35.3. The molecule has 0 bridgehead atoms. The van der Waals surface area contributed by atoms with E-state index in [0.29, 0.717) is 35.5 Å². The lowest BCUT2D eigenvalue weighted by Gasteiger charge is -2.37. The molecule has 0 amide bonds. The van der Waals surface area contributed by atoms with Crippen LogP contribution in [0.1, 0.15) is 152 Å². The lowest BCUT2D eigenvalue weighted by atomic mass is 9.20. The van der Waals surface area contributed by atoms with Crippen LogP contribution < -0.4 is 32.8 Å². The predicted octanol–water partition coefficient (Wildman–Crippen LogP) is 9.30. The van der Waals surface area contributed by atoms with E-state index >= 15 is 0 Å². The Bertz CT molecular complexity index is 1630. The molecule has 0 atom stereocenters. The van der Waals surface area contributed by atoms with E-state index in [9.17, 15) is 0 Å². The molecule has 1 aliphatic rings. The maximum atomic E-state index is 3.94. The van der Waals surface area contributed by atoms with E-state index in [-0.39, 0.29) is 13.4 Å². The van der Waals surface area contributed by atoms with Gasteiger partial charge in [-0.3, -0.25) is 0 Å². The van der Waals surface area contributed by atoms with Gasteiger partial charge in [0, 0.05) is 8.95 Å². The molecule has 240 valence electrons. The Kier molecular flexibility index (Phi) is 10.6. The molecule has 0 saturated heterocycles. The number of halogens is 2. The zero-order valence-corrected chi connectivity index (χ0v) is 33.3. The van der Waals surface area contributed by atoms with Crippen molar-refractivity contribution in [3.63, 3.8) is 0 Å². The second-order valence-corrected chi connectivity index (χ2v) is 17.4. The molecule has 0 unspecified atom stereocenters. The average molecular weight is 738 g/mol. The summed E-state index contributed by atoms with van der Waals surface area (Å²) in [6.07, 6.45) is 0. The lowest BCUT2D eigenvalue weighted by molar-refractivity contribution is 0.812. The van der Waals surface area contributed by atoms with Gasteiger partial charge in [-0.05, 0) is 81.0 Å². The fourth-order valence-electron chi connectivity index (χ4n) is 7.76. The van der Waals surface area contributed by atoms with Gasteiger partial charge in [0.25, 0.3) is 0 Å². The summed E-state index contributed by atoms with van der Waals surface area (Å²) in [5.41, 5.74) is 17.6. The molecule has 4 aromatic rings. The monoisotopic (exact) mass is 736 g/mol. The SMILES string of the molecule is CC(C)c1cc(C(C)C)c(B2c3ccc(Br)cc3B(c3c(C(C)C)cc(C(C)C)cc3C(C)C)c3cc(Br)ccc32)c(C(C)C)c1. The first-order valence-electron chi connectivity index (χ1n) is 17.6. The second-order valence-electron chi connectivity index (χ2n) is 15.6. The molecular formula is C42H52B2Br2. The van der Waals surface area contributed by atoms with Crippen LogP contribution in [0.3, 0.4) is 0 Å². The molecular weight excluding hydrogens is 686 g/mol. The minimum Gasteiger partial charge on any atom is -0.0732 e.